The molecule has 0 spiro atoms. The van der Waals surface area contributed by atoms with Crippen molar-refractivity contribution in [1.29, 1.82) is 0 Å². The molecule has 5 heteroatoms. The number of esters is 1. The van der Waals surface area contributed by atoms with Crippen molar-refractivity contribution >= 4 is 23.5 Å². The molecule has 150 valence electrons. The summed E-state index contributed by atoms with van der Waals surface area (Å²) in [6.07, 6.45) is 0.840. The van der Waals surface area contributed by atoms with Crippen LogP contribution in [0.15, 0.2) is 72.8 Å². The minimum absolute atomic E-state index is 0.141. The zero-order chi connectivity index (χ0) is 20.6. The summed E-state index contributed by atoms with van der Waals surface area (Å²) in [7, 11) is 0. The van der Waals surface area contributed by atoms with E-state index in [1.54, 1.807) is 4.31 Å². The van der Waals surface area contributed by atoms with Crippen LogP contribution in [0.2, 0.25) is 0 Å². The van der Waals surface area contributed by atoms with Crippen LogP contribution in [-0.2, 0) is 23.1 Å². The molecule has 3 aromatic rings. The molecule has 0 aliphatic heterocycles. The van der Waals surface area contributed by atoms with Gasteiger partial charge in [-0.25, -0.2) is 4.21 Å². The fourth-order valence-electron chi connectivity index (χ4n) is 3.07. The van der Waals surface area contributed by atoms with Crippen molar-refractivity contribution in [3.05, 3.63) is 95.1 Å². The van der Waals surface area contributed by atoms with E-state index in [4.69, 9.17) is 4.74 Å². The molecule has 4 nitrogen and oxygen atoms in total. The van der Waals surface area contributed by atoms with E-state index in [2.05, 4.69) is 19.1 Å². The normalized spacial score (nSPS) is 10.6. The maximum absolute atomic E-state index is 12.4. The molecule has 3 aromatic carbocycles. The van der Waals surface area contributed by atoms with Gasteiger partial charge in [-0.2, -0.15) is 0 Å². The Kier molecular flexibility index (Phi) is 7.19. The molecular formula is C24H25NO3S. The lowest BCUT2D eigenvalue weighted by Gasteiger charge is -2.17. The first kappa shape index (κ1) is 20.8. The number of benzene rings is 3. The minimum atomic E-state index is -0.344. The lowest BCUT2D eigenvalue weighted by Crippen LogP contribution is -2.23. The van der Waals surface area contributed by atoms with Crippen LogP contribution >= 0.6 is 0 Å². The highest BCUT2D eigenvalue weighted by Crippen LogP contribution is 2.23. The lowest BCUT2D eigenvalue weighted by atomic mass is 10.00. The van der Waals surface area contributed by atoms with Gasteiger partial charge in [-0.3, -0.25) is 9.10 Å². The molecule has 0 heterocycles. The number of para-hydroxylation sites is 1. The van der Waals surface area contributed by atoms with E-state index >= 15 is 0 Å². The largest absolute Gasteiger partial charge is 0.426 e. The smallest absolute Gasteiger partial charge is 0.313 e. The maximum Gasteiger partial charge on any atom is 0.313 e. The first-order valence-corrected chi connectivity index (χ1v) is 10.3. The standard InChI is InChI=1S/C24H25NO3S/c1-18-11-13-22(14-12-18)25(29-27)16-15-24(26)28-23-10-6-5-9-21(23)17-20-8-4-3-7-19(20)2/h3-14,29H,15-17H2,1-2H3. The number of nitrogens with zero attached hydrogens (tertiary/aromatic N) is 1. The second-order valence-corrected chi connectivity index (χ2v) is 7.62. The zero-order valence-corrected chi connectivity index (χ0v) is 17.6. The number of thiol groups is 1. The topological polar surface area (TPSA) is 46.6 Å². The van der Waals surface area contributed by atoms with Gasteiger partial charge in [0.05, 0.1) is 6.42 Å². The SMILES string of the molecule is Cc1ccc(N(CCC(=O)Oc2ccccc2Cc2ccccc2C)[SH]=O)cc1. The van der Waals surface area contributed by atoms with Crippen LogP contribution < -0.4 is 9.04 Å². The van der Waals surface area contributed by atoms with Gasteiger partial charge < -0.3 is 4.74 Å². The van der Waals surface area contributed by atoms with Crippen LogP contribution in [0, 0.1) is 13.8 Å². The van der Waals surface area contributed by atoms with Gasteiger partial charge in [-0.05, 0) is 48.7 Å². The number of anilines is 1. The van der Waals surface area contributed by atoms with Crippen molar-refractivity contribution in [2.45, 2.75) is 26.7 Å². The Morgan fingerprint density at radius 2 is 1.55 bits per heavy atom. The minimum Gasteiger partial charge on any atom is -0.426 e. The quantitative estimate of drug-likeness (QED) is 0.338. The van der Waals surface area contributed by atoms with Gasteiger partial charge >= 0.3 is 5.97 Å². The second kappa shape index (κ2) is 10.0. The summed E-state index contributed by atoms with van der Waals surface area (Å²) in [5.74, 6) is 0.227. The number of hydrogen-bond donors (Lipinski definition) is 1. The average Bonchev–Trinajstić information content (AvgIpc) is 2.73. The molecule has 0 saturated carbocycles. The van der Waals surface area contributed by atoms with Crippen LogP contribution in [0.5, 0.6) is 5.75 Å². The summed E-state index contributed by atoms with van der Waals surface area (Å²) in [5, 5.41) is 0. The van der Waals surface area contributed by atoms with Gasteiger partial charge in [-0.1, -0.05) is 60.2 Å². The van der Waals surface area contributed by atoms with Crippen LogP contribution in [0.25, 0.3) is 0 Å². The van der Waals surface area contributed by atoms with Crippen LogP contribution in [0.3, 0.4) is 0 Å². The van der Waals surface area contributed by atoms with Crippen LogP contribution in [0.4, 0.5) is 5.69 Å². The van der Waals surface area contributed by atoms with E-state index in [1.807, 2.05) is 67.6 Å². The Balaban J connectivity index is 1.64. The van der Waals surface area contributed by atoms with E-state index in [-0.39, 0.29) is 24.2 Å². The maximum atomic E-state index is 12.4. The number of carbonyl (C=O) groups excluding carboxylic acids is 1. The third-order valence-corrected chi connectivity index (χ3v) is 5.42. The molecule has 0 aliphatic rings. The van der Waals surface area contributed by atoms with Gasteiger partial charge in [0.25, 0.3) is 0 Å². The fourth-order valence-corrected chi connectivity index (χ4v) is 3.48. The molecule has 0 saturated heterocycles. The second-order valence-electron chi connectivity index (χ2n) is 6.98. The first-order chi connectivity index (χ1) is 14.1. The third-order valence-electron chi connectivity index (χ3n) is 4.80. The monoisotopic (exact) mass is 407 g/mol. The van der Waals surface area contributed by atoms with Gasteiger partial charge in [0.1, 0.15) is 17.6 Å². The molecule has 0 fully saturated rings. The predicted octanol–water partition coefficient (Wildman–Crippen LogP) is 4.56. The predicted molar refractivity (Wildman–Crippen MR) is 119 cm³/mol. The highest BCUT2D eigenvalue weighted by atomic mass is 32.2. The molecule has 0 bridgehead atoms. The van der Waals surface area contributed by atoms with Crippen molar-refractivity contribution in [3.8, 4) is 5.75 Å². The van der Waals surface area contributed by atoms with E-state index in [1.165, 1.54) is 11.1 Å². The van der Waals surface area contributed by atoms with Gasteiger partial charge in [-0.15, -0.1) is 0 Å². The summed E-state index contributed by atoms with van der Waals surface area (Å²) in [5.41, 5.74) is 5.30. The molecule has 29 heavy (non-hydrogen) atoms. The zero-order valence-electron chi connectivity index (χ0n) is 16.7. The Morgan fingerprint density at radius 1 is 0.897 bits per heavy atom. The highest BCUT2D eigenvalue weighted by Gasteiger charge is 2.13. The van der Waals surface area contributed by atoms with E-state index in [0.29, 0.717) is 18.7 Å². The number of ether oxygens (including phenoxy) is 1. The molecule has 0 radical (unpaired) electrons. The Morgan fingerprint density at radius 3 is 2.24 bits per heavy atom. The summed E-state index contributed by atoms with van der Waals surface area (Å²) in [4.78, 5) is 12.4. The average molecular weight is 408 g/mol. The van der Waals surface area contributed by atoms with Crippen molar-refractivity contribution in [2.24, 2.45) is 0 Å². The van der Waals surface area contributed by atoms with Crippen LogP contribution in [-0.4, -0.2) is 16.7 Å². The summed E-state index contributed by atoms with van der Waals surface area (Å²) in [6.45, 7) is 4.38. The molecule has 0 atom stereocenters. The summed E-state index contributed by atoms with van der Waals surface area (Å²) >= 11 is -0.149. The fraction of sp³-hybridized carbons (Fsp3) is 0.208. The van der Waals surface area contributed by atoms with E-state index < -0.39 is 0 Å². The molecule has 0 unspecified atom stereocenters. The summed E-state index contributed by atoms with van der Waals surface area (Å²) in [6, 6.07) is 23.5. The first-order valence-electron chi connectivity index (χ1n) is 9.57. The number of hydrogen-bond acceptors (Lipinski definition) is 3. The van der Waals surface area contributed by atoms with Crippen molar-refractivity contribution in [2.75, 3.05) is 10.8 Å². The molecule has 0 amide bonds. The molecule has 3 rings (SSSR count). The summed E-state index contributed by atoms with van der Waals surface area (Å²) < 4.78 is 18.8. The van der Waals surface area contributed by atoms with Gasteiger partial charge in [0.15, 0.2) is 0 Å². The van der Waals surface area contributed by atoms with Gasteiger partial charge in [0.2, 0.25) is 0 Å². The Hall–Kier alpha value is -2.92. The number of aryl methyl sites for hydroxylation is 2. The van der Waals surface area contributed by atoms with Crippen LogP contribution in [0.1, 0.15) is 28.7 Å². The molecule has 0 aromatic heterocycles. The number of rotatable bonds is 8. The molecule has 0 aliphatic carbocycles. The number of carbonyl (C=O) groups is 1. The van der Waals surface area contributed by atoms with Gasteiger partial charge in [0, 0.05) is 18.7 Å². The molecule has 0 N–H and O–H groups in total. The van der Waals surface area contributed by atoms with Crippen molar-refractivity contribution < 1.29 is 13.7 Å². The third kappa shape index (κ3) is 5.78. The highest BCUT2D eigenvalue weighted by molar-refractivity contribution is 7.67. The Bertz CT molecular complexity index is 985. The molecular weight excluding hydrogens is 382 g/mol. The van der Waals surface area contributed by atoms with Crippen molar-refractivity contribution in [3.63, 3.8) is 0 Å². The van der Waals surface area contributed by atoms with Crippen molar-refractivity contribution in [1.82, 2.24) is 0 Å². The lowest BCUT2D eigenvalue weighted by molar-refractivity contribution is -0.134. The Labute approximate surface area is 175 Å². The van der Waals surface area contributed by atoms with E-state index in [0.717, 1.165) is 16.8 Å². The van der Waals surface area contributed by atoms with E-state index in [9.17, 15) is 9.00 Å².